The van der Waals surface area contributed by atoms with Gasteiger partial charge in [0.05, 0.1) is 71.9 Å². The van der Waals surface area contributed by atoms with Crippen molar-refractivity contribution >= 4 is 23.5 Å². The number of aliphatic hydroxyl groups is 8. The third kappa shape index (κ3) is 14.2. The number of aliphatic hydroxyl groups excluding tert-OH is 6. The molecular formula is C54H95NO16. The molecule has 0 aromatic rings. The Morgan fingerprint density at radius 1 is 0.535 bits per heavy atom. The molecule has 5 aliphatic rings. The summed E-state index contributed by atoms with van der Waals surface area (Å²) in [5.74, 6) is -8.20. The number of likely N-dealkylation sites (N-methyl/N-ethyl adjacent to an activating group) is 1. The highest BCUT2D eigenvalue weighted by molar-refractivity contribution is 5.84. The minimum atomic E-state index is -1.68. The Balaban J connectivity index is 0.000000324. The molecule has 0 aromatic carbocycles. The highest BCUT2D eigenvalue weighted by atomic mass is 16.7. The number of hydrogen-bond donors (Lipinski definition) is 8. The third-order valence-corrected chi connectivity index (χ3v) is 17.9. The summed E-state index contributed by atoms with van der Waals surface area (Å²) in [5, 5.41) is 88.0. The van der Waals surface area contributed by atoms with Crippen LogP contribution in [0.1, 0.15) is 148 Å². The maximum Gasteiger partial charge on any atom is 0.311 e. The molecule has 0 spiro atoms. The van der Waals surface area contributed by atoms with Gasteiger partial charge in [-0.2, -0.15) is 0 Å². The van der Waals surface area contributed by atoms with Crippen LogP contribution < -0.4 is 0 Å². The fourth-order valence-electron chi connectivity index (χ4n) is 12.2. The van der Waals surface area contributed by atoms with Crippen LogP contribution in [0.3, 0.4) is 0 Å². The molecule has 3 aliphatic heterocycles. The predicted molar refractivity (Wildman–Crippen MR) is 264 cm³/mol. The van der Waals surface area contributed by atoms with Crippen molar-refractivity contribution in [3.05, 3.63) is 0 Å². The first-order valence-electron chi connectivity index (χ1n) is 26.8. The first kappa shape index (κ1) is 61.4. The highest BCUT2D eigenvalue weighted by Crippen LogP contribution is 2.42. The smallest absolute Gasteiger partial charge is 0.311 e. The number of ether oxygens (including phenoxy) is 4. The Morgan fingerprint density at radius 2 is 0.915 bits per heavy atom. The number of ketones is 2. The molecule has 2 saturated carbocycles. The van der Waals surface area contributed by atoms with Gasteiger partial charge in [-0.1, -0.05) is 68.2 Å². The molecular weight excluding hydrogens is 919 g/mol. The van der Waals surface area contributed by atoms with Crippen molar-refractivity contribution in [1.82, 2.24) is 4.90 Å². The van der Waals surface area contributed by atoms with Gasteiger partial charge in [-0.05, 0) is 99.1 Å². The summed E-state index contributed by atoms with van der Waals surface area (Å²) in [4.78, 5) is 54.8. The molecule has 2 aliphatic carbocycles. The molecule has 3 saturated heterocycles. The number of cyclic esters (lactones) is 2. The van der Waals surface area contributed by atoms with Gasteiger partial charge in [-0.15, -0.1) is 0 Å². The molecule has 0 bridgehead atoms. The van der Waals surface area contributed by atoms with E-state index in [1.807, 2.05) is 25.9 Å². The van der Waals surface area contributed by atoms with E-state index in [2.05, 4.69) is 0 Å². The molecule has 71 heavy (non-hydrogen) atoms. The zero-order chi connectivity index (χ0) is 53.9. The lowest BCUT2D eigenvalue weighted by Crippen LogP contribution is -2.56. The molecule has 0 radical (unpaired) electrons. The van der Waals surface area contributed by atoms with Crippen LogP contribution in [0.25, 0.3) is 0 Å². The van der Waals surface area contributed by atoms with Crippen LogP contribution in [0, 0.1) is 71.0 Å². The van der Waals surface area contributed by atoms with Crippen molar-refractivity contribution in [2.24, 2.45) is 71.0 Å². The summed E-state index contributed by atoms with van der Waals surface area (Å²) in [6.45, 7) is 21.5. The molecule has 0 aromatic heterocycles. The van der Waals surface area contributed by atoms with E-state index < -0.39 is 150 Å². The molecule has 17 nitrogen and oxygen atoms in total. The first-order chi connectivity index (χ1) is 32.8. The lowest BCUT2D eigenvalue weighted by molar-refractivity contribution is -0.268. The molecule has 17 heteroatoms. The zero-order valence-corrected chi connectivity index (χ0v) is 45.5. The van der Waals surface area contributed by atoms with Crippen molar-refractivity contribution in [2.45, 2.75) is 232 Å². The number of Topliss-reactive ketones (excluding diaryl/α,β-unsaturated/α-hetero) is 2. The second-order valence-corrected chi connectivity index (χ2v) is 24.0. The number of carbonyl (C=O) groups is 4. The number of hydrogen-bond acceptors (Lipinski definition) is 17. The van der Waals surface area contributed by atoms with E-state index in [4.69, 9.17) is 18.9 Å². The summed E-state index contributed by atoms with van der Waals surface area (Å²) in [6.07, 6.45) is -4.10. The Morgan fingerprint density at radius 3 is 1.30 bits per heavy atom. The highest BCUT2D eigenvalue weighted by Gasteiger charge is 2.50. The van der Waals surface area contributed by atoms with E-state index in [1.54, 1.807) is 69.2 Å². The maximum absolute atomic E-state index is 13.8. The van der Waals surface area contributed by atoms with E-state index in [-0.39, 0.29) is 42.3 Å². The summed E-state index contributed by atoms with van der Waals surface area (Å²) >= 11 is 0. The van der Waals surface area contributed by atoms with Crippen LogP contribution in [0.5, 0.6) is 0 Å². The van der Waals surface area contributed by atoms with E-state index in [0.717, 1.165) is 38.5 Å². The molecule has 2 unspecified atom stereocenters. The molecule has 5 fully saturated rings. The van der Waals surface area contributed by atoms with Crippen LogP contribution in [0.15, 0.2) is 0 Å². The lowest BCUT2D eigenvalue weighted by atomic mass is 9.71. The van der Waals surface area contributed by atoms with Crippen LogP contribution in [0.2, 0.25) is 0 Å². The van der Waals surface area contributed by atoms with Crippen molar-refractivity contribution in [3.8, 4) is 0 Å². The Hall–Kier alpha value is -2.16. The van der Waals surface area contributed by atoms with Crippen LogP contribution in [-0.4, -0.2) is 168 Å². The largest absolute Gasteiger partial charge is 0.461 e. The van der Waals surface area contributed by atoms with Crippen molar-refractivity contribution in [2.75, 3.05) is 14.1 Å². The van der Waals surface area contributed by atoms with E-state index in [9.17, 15) is 60.0 Å². The Labute approximate surface area is 423 Å². The van der Waals surface area contributed by atoms with Gasteiger partial charge in [0, 0.05) is 59.8 Å². The fraction of sp³-hybridized carbons (Fsp3) is 0.926. The second kappa shape index (κ2) is 25.1. The molecule has 412 valence electrons. The van der Waals surface area contributed by atoms with Gasteiger partial charge >= 0.3 is 11.9 Å². The lowest BCUT2D eigenvalue weighted by Gasteiger charge is -2.45. The quantitative estimate of drug-likeness (QED) is 0.182. The normalized spacial score (nSPS) is 47.9. The van der Waals surface area contributed by atoms with Crippen molar-refractivity contribution in [1.29, 1.82) is 0 Å². The fourth-order valence-corrected chi connectivity index (χ4v) is 12.2. The average molecular weight is 1010 g/mol. The van der Waals surface area contributed by atoms with E-state index in [0.29, 0.717) is 6.42 Å². The number of rotatable bonds is 5. The van der Waals surface area contributed by atoms with Crippen molar-refractivity contribution < 1.29 is 79.0 Å². The number of esters is 2. The molecule has 8 N–H and O–H groups in total. The van der Waals surface area contributed by atoms with Gasteiger partial charge in [0.2, 0.25) is 0 Å². The monoisotopic (exact) mass is 1010 g/mol. The number of nitrogens with zero attached hydrogens (tertiary/aromatic N) is 1. The van der Waals surface area contributed by atoms with Gasteiger partial charge in [0.1, 0.15) is 23.8 Å². The zero-order valence-electron chi connectivity index (χ0n) is 45.5. The molecule has 3 heterocycles. The maximum atomic E-state index is 13.8. The van der Waals surface area contributed by atoms with Gasteiger partial charge in [0.25, 0.3) is 0 Å². The predicted octanol–water partition coefficient (Wildman–Crippen LogP) is 3.82. The van der Waals surface area contributed by atoms with E-state index in [1.165, 1.54) is 13.8 Å². The molecule has 5 rings (SSSR count). The minimum absolute atomic E-state index is 0.0135. The SMILES string of the molecule is CC1O[C@@H](O[C@H]2[C@H](C)[C@@H](O)[C@](C)(O)C[C@@H](C)C(=O)[C@H](C)[C@@H](O)[C@@H](C)[C@@H](C3CCC3)OC(=O)[C@@H]2C)CC(N(C)C)[C@@H]1O.C[C@@H]1[C@H](O)[C@@H](C)C(=O)[C@H](C)C[C@@](C)(O)[C@H](O)[C@@H](C)[C@H](O)[C@@H](C)C(=O)O[C@@H]1C1CCC1. The van der Waals surface area contributed by atoms with Crippen molar-refractivity contribution in [3.63, 3.8) is 0 Å². The summed E-state index contributed by atoms with van der Waals surface area (Å²) in [5.41, 5.74) is -3.33. The van der Waals surface area contributed by atoms with E-state index >= 15 is 0 Å². The first-order valence-corrected chi connectivity index (χ1v) is 26.8. The average Bonchev–Trinajstić information content (AvgIpc) is 3.27. The molecule has 0 amide bonds. The van der Waals surface area contributed by atoms with Crippen LogP contribution in [0.4, 0.5) is 0 Å². The summed E-state index contributed by atoms with van der Waals surface area (Å²) in [6, 6.07) is -0.243. The standard InChI is InChI=1S/C31H55NO9.C23H40O7/c1-15-14-31(7,38)29(36)18(4)27(40-23-13-22(32(8)9)26(35)20(6)39-23)19(5)30(37)41-28(21-11-10-12-21)17(3)25(34)16(2)24(15)33;1-11-10-23(6,29)21(27)14(4)19(26)15(5)22(28)30-20(16-8-7-9-16)13(3)18(25)12(2)17(11)24/h15-23,25-29,34-36,38H,10-14H2,1-9H3;11-16,18-21,25-27,29H,7-10H2,1-6H3/t15-,16+,17-,18+,19-,20?,22?,23+,25-,26-,27+,28+,29-,31-;11-,12+,13-,14+,15-,18-,19+,20+,21-,23-/m11/s1. The van der Waals surface area contributed by atoms with Gasteiger partial charge in [0.15, 0.2) is 6.29 Å². The van der Waals surface area contributed by atoms with Crippen LogP contribution >= 0.6 is 0 Å². The Kier molecular flexibility index (Phi) is 21.7. The molecule has 24 atom stereocenters. The topological polar surface area (TPSA) is 270 Å². The number of carbonyl (C=O) groups excluding carboxylic acids is 4. The van der Waals surface area contributed by atoms with Gasteiger partial charge < -0.3 is 64.7 Å². The minimum Gasteiger partial charge on any atom is -0.461 e. The summed E-state index contributed by atoms with van der Waals surface area (Å²) < 4.78 is 24.4. The summed E-state index contributed by atoms with van der Waals surface area (Å²) in [7, 11) is 3.74. The Bertz CT molecular complexity index is 1750. The van der Waals surface area contributed by atoms with Gasteiger partial charge in [-0.3, -0.25) is 19.2 Å². The van der Waals surface area contributed by atoms with Crippen LogP contribution in [-0.2, 0) is 38.1 Å². The third-order valence-electron chi connectivity index (χ3n) is 17.9. The second-order valence-electron chi connectivity index (χ2n) is 24.0. The van der Waals surface area contributed by atoms with Gasteiger partial charge in [-0.25, -0.2) is 0 Å².